The van der Waals surface area contributed by atoms with E-state index in [1.165, 1.54) is 6.42 Å². The van der Waals surface area contributed by atoms with E-state index in [2.05, 4.69) is 0 Å². The summed E-state index contributed by atoms with van der Waals surface area (Å²) in [4.78, 5) is 0. The molecule has 0 spiro atoms. The average molecular weight is 216 g/mol. The summed E-state index contributed by atoms with van der Waals surface area (Å²) in [5.74, 6) is 0. The minimum atomic E-state index is 0.0208. The van der Waals surface area contributed by atoms with Gasteiger partial charge in [0.1, 0.15) is 6.10 Å². The topological polar surface area (TPSA) is 51.2 Å². The molecule has 4 nitrogen and oxygen atoms in total. The highest BCUT2D eigenvalue weighted by molar-refractivity contribution is 4.83. The lowest BCUT2D eigenvalue weighted by Crippen LogP contribution is -2.22. The Morgan fingerprint density at radius 1 is 1.27 bits per heavy atom. The standard InChI is InChI=1S/C11H20O4/c12-8-10-9(15-10)4-3-7-14-11-5-1-2-6-13-11/h9-12H,1-8H2/t9-,10-,11?/m0/s1. The predicted octanol–water partition coefficient (Wildman–Crippen LogP) is 1.07. The minimum absolute atomic E-state index is 0.0208. The minimum Gasteiger partial charge on any atom is -0.394 e. The lowest BCUT2D eigenvalue weighted by Gasteiger charge is -2.22. The van der Waals surface area contributed by atoms with E-state index in [-0.39, 0.29) is 25.1 Å². The summed E-state index contributed by atoms with van der Waals surface area (Å²) in [6, 6.07) is 0. The zero-order valence-electron chi connectivity index (χ0n) is 9.06. The highest BCUT2D eigenvalue weighted by Gasteiger charge is 2.37. The molecule has 2 aliphatic heterocycles. The van der Waals surface area contributed by atoms with Crippen LogP contribution in [0.25, 0.3) is 0 Å². The molecule has 2 heterocycles. The number of epoxide rings is 1. The summed E-state index contributed by atoms with van der Waals surface area (Å²) in [5.41, 5.74) is 0. The Morgan fingerprint density at radius 3 is 2.87 bits per heavy atom. The molecule has 0 aliphatic carbocycles. The van der Waals surface area contributed by atoms with Crippen LogP contribution in [0.3, 0.4) is 0 Å². The molecule has 15 heavy (non-hydrogen) atoms. The van der Waals surface area contributed by atoms with Crippen molar-refractivity contribution in [3.63, 3.8) is 0 Å². The van der Waals surface area contributed by atoms with Crippen LogP contribution >= 0.6 is 0 Å². The molecule has 2 fully saturated rings. The van der Waals surface area contributed by atoms with Crippen molar-refractivity contribution in [2.24, 2.45) is 0 Å². The van der Waals surface area contributed by atoms with Gasteiger partial charge in [-0.3, -0.25) is 0 Å². The van der Waals surface area contributed by atoms with Gasteiger partial charge in [0, 0.05) is 13.2 Å². The monoisotopic (exact) mass is 216 g/mol. The zero-order chi connectivity index (χ0) is 10.5. The number of hydrogen-bond donors (Lipinski definition) is 1. The largest absolute Gasteiger partial charge is 0.394 e. The normalized spacial score (nSPS) is 35.4. The van der Waals surface area contributed by atoms with Crippen LogP contribution in [0, 0.1) is 0 Å². The number of aliphatic hydroxyl groups is 1. The van der Waals surface area contributed by atoms with Gasteiger partial charge in [-0.05, 0) is 32.1 Å². The Kier molecular flexibility index (Phi) is 4.38. The molecular weight excluding hydrogens is 196 g/mol. The smallest absolute Gasteiger partial charge is 0.157 e. The highest BCUT2D eigenvalue weighted by Crippen LogP contribution is 2.26. The molecule has 0 amide bonds. The van der Waals surface area contributed by atoms with Crippen molar-refractivity contribution in [1.29, 1.82) is 0 Å². The summed E-state index contributed by atoms with van der Waals surface area (Å²) < 4.78 is 16.3. The van der Waals surface area contributed by atoms with Crippen LogP contribution in [-0.2, 0) is 14.2 Å². The van der Waals surface area contributed by atoms with Gasteiger partial charge in [-0.25, -0.2) is 0 Å². The molecule has 0 aromatic rings. The van der Waals surface area contributed by atoms with Gasteiger partial charge in [0.25, 0.3) is 0 Å². The summed E-state index contributed by atoms with van der Waals surface area (Å²) >= 11 is 0. The fourth-order valence-corrected chi connectivity index (χ4v) is 1.94. The van der Waals surface area contributed by atoms with Gasteiger partial charge in [0.05, 0.1) is 12.7 Å². The molecule has 0 radical (unpaired) electrons. The van der Waals surface area contributed by atoms with Crippen LogP contribution in [0.2, 0.25) is 0 Å². The second kappa shape index (κ2) is 5.80. The summed E-state index contributed by atoms with van der Waals surface area (Å²) in [7, 11) is 0. The molecule has 0 aromatic heterocycles. The maximum absolute atomic E-state index is 8.76. The lowest BCUT2D eigenvalue weighted by molar-refractivity contribution is -0.162. The van der Waals surface area contributed by atoms with Gasteiger partial charge in [-0.1, -0.05) is 0 Å². The lowest BCUT2D eigenvalue weighted by atomic mass is 10.2. The molecule has 0 bridgehead atoms. The fourth-order valence-electron chi connectivity index (χ4n) is 1.94. The van der Waals surface area contributed by atoms with Crippen LogP contribution in [0.4, 0.5) is 0 Å². The molecular formula is C11H20O4. The first kappa shape index (κ1) is 11.3. The third kappa shape index (κ3) is 3.72. The summed E-state index contributed by atoms with van der Waals surface area (Å²) in [5, 5.41) is 8.76. The molecule has 0 saturated carbocycles. The van der Waals surface area contributed by atoms with E-state index < -0.39 is 0 Å². The van der Waals surface area contributed by atoms with Gasteiger partial charge in [-0.15, -0.1) is 0 Å². The van der Waals surface area contributed by atoms with E-state index in [9.17, 15) is 0 Å². The van der Waals surface area contributed by atoms with Crippen molar-refractivity contribution in [3.05, 3.63) is 0 Å². The van der Waals surface area contributed by atoms with E-state index in [0.29, 0.717) is 0 Å². The second-order valence-corrected chi connectivity index (χ2v) is 4.20. The Balaban J connectivity index is 1.45. The fraction of sp³-hybridized carbons (Fsp3) is 1.00. The van der Waals surface area contributed by atoms with Crippen LogP contribution < -0.4 is 0 Å². The van der Waals surface area contributed by atoms with Crippen LogP contribution in [0.1, 0.15) is 32.1 Å². The van der Waals surface area contributed by atoms with E-state index in [0.717, 1.165) is 38.9 Å². The van der Waals surface area contributed by atoms with E-state index in [1.807, 2.05) is 0 Å². The van der Waals surface area contributed by atoms with E-state index in [1.54, 1.807) is 0 Å². The van der Waals surface area contributed by atoms with Crippen molar-refractivity contribution < 1.29 is 19.3 Å². The van der Waals surface area contributed by atoms with Crippen LogP contribution in [0.5, 0.6) is 0 Å². The average Bonchev–Trinajstić information content (AvgIpc) is 3.05. The predicted molar refractivity (Wildman–Crippen MR) is 54.5 cm³/mol. The molecule has 4 heteroatoms. The Bertz CT molecular complexity index is 179. The maximum atomic E-state index is 8.76. The SMILES string of the molecule is OC[C@@H]1O[C@H]1CCCOC1CCCCO1. The van der Waals surface area contributed by atoms with Gasteiger partial charge in [0.15, 0.2) is 6.29 Å². The number of hydrogen-bond acceptors (Lipinski definition) is 4. The molecule has 1 N–H and O–H groups in total. The molecule has 2 rings (SSSR count). The quantitative estimate of drug-likeness (QED) is 0.533. The van der Waals surface area contributed by atoms with Crippen LogP contribution in [0.15, 0.2) is 0 Å². The van der Waals surface area contributed by atoms with Gasteiger partial charge < -0.3 is 19.3 Å². The van der Waals surface area contributed by atoms with E-state index >= 15 is 0 Å². The van der Waals surface area contributed by atoms with Crippen molar-refractivity contribution in [2.45, 2.75) is 50.6 Å². The summed E-state index contributed by atoms with van der Waals surface area (Å²) in [6.07, 6.45) is 5.75. The Hall–Kier alpha value is -0.160. The van der Waals surface area contributed by atoms with Crippen molar-refractivity contribution in [2.75, 3.05) is 19.8 Å². The Morgan fingerprint density at radius 2 is 2.20 bits per heavy atom. The van der Waals surface area contributed by atoms with Crippen molar-refractivity contribution in [3.8, 4) is 0 Å². The first-order chi connectivity index (χ1) is 7.40. The highest BCUT2D eigenvalue weighted by atomic mass is 16.7. The van der Waals surface area contributed by atoms with Gasteiger partial charge in [-0.2, -0.15) is 0 Å². The first-order valence-corrected chi connectivity index (χ1v) is 5.89. The third-order valence-corrected chi connectivity index (χ3v) is 2.94. The Labute approximate surface area is 90.5 Å². The zero-order valence-corrected chi connectivity index (χ0v) is 9.06. The van der Waals surface area contributed by atoms with Crippen molar-refractivity contribution in [1.82, 2.24) is 0 Å². The second-order valence-electron chi connectivity index (χ2n) is 4.20. The number of aliphatic hydroxyl groups excluding tert-OH is 1. The molecule has 2 aliphatic rings. The summed E-state index contributed by atoms with van der Waals surface area (Å²) in [6.45, 7) is 1.73. The number of ether oxygens (including phenoxy) is 3. The van der Waals surface area contributed by atoms with Crippen LogP contribution in [-0.4, -0.2) is 43.4 Å². The molecule has 0 aromatic carbocycles. The molecule has 2 saturated heterocycles. The molecule has 3 atom stereocenters. The van der Waals surface area contributed by atoms with E-state index in [4.69, 9.17) is 19.3 Å². The third-order valence-electron chi connectivity index (χ3n) is 2.94. The van der Waals surface area contributed by atoms with Gasteiger partial charge >= 0.3 is 0 Å². The van der Waals surface area contributed by atoms with Crippen molar-refractivity contribution >= 4 is 0 Å². The van der Waals surface area contributed by atoms with Gasteiger partial charge in [0.2, 0.25) is 0 Å². The number of rotatable bonds is 6. The maximum Gasteiger partial charge on any atom is 0.157 e. The first-order valence-electron chi connectivity index (χ1n) is 5.89. The molecule has 88 valence electrons. The molecule has 1 unspecified atom stereocenters.